The van der Waals surface area contributed by atoms with Crippen LogP contribution in [0.25, 0.3) is 10.9 Å². The van der Waals surface area contributed by atoms with Crippen LogP contribution in [-0.4, -0.2) is 42.1 Å². The number of pyridine rings is 1. The number of carbonyl (C=O) groups is 1. The van der Waals surface area contributed by atoms with Crippen LogP contribution in [0.1, 0.15) is 18.4 Å². The summed E-state index contributed by atoms with van der Waals surface area (Å²) in [6.07, 6.45) is 3.70. The van der Waals surface area contributed by atoms with Gasteiger partial charge in [0, 0.05) is 35.4 Å². The summed E-state index contributed by atoms with van der Waals surface area (Å²) in [5.41, 5.74) is 1.89. The van der Waals surface area contributed by atoms with E-state index in [2.05, 4.69) is 20.9 Å². The highest BCUT2D eigenvalue weighted by atomic mass is 79.9. The minimum Gasteiger partial charge on any atom is -0.496 e. The van der Waals surface area contributed by atoms with Crippen LogP contribution in [0.4, 0.5) is 0 Å². The van der Waals surface area contributed by atoms with E-state index < -0.39 is 0 Å². The molecule has 150 valence electrons. The normalized spacial score (nSPS) is 16.2. The molecule has 2 aromatic carbocycles. The van der Waals surface area contributed by atoms with E-state index in [4.69, 9.17) is 9.47 Å². The first kappa shape index (κ1) is 19.7. The zero-order chi connectivity index (χ0) is 20.2. The van der Waals surface area contributed by atoms with Gasteiger partial charge in [-0.15, -0.1) is 0 Å². The number of hydrogen-bond acceptors (Lipinski definition) is 4. The van der Waals surface area contributed by atoms with Crippen molar-refractivity contribution in [1.29, 1.82) is 0 Å². The van der Waals surface area contributed by atoms with Gasteiger partial charge in [-0.1, -0.05) is 34.1 Å². The summed E-state index contributed by atoms with van der Waals surface area (Å²) in [5, 5.41) is 1.05. The highest BCUT2D eigenvalue weighted by Crippen LogP contribution is 2.27. The van der Waals surface area contributed by atoms with Crippen molar-refractivity contribution in [3.05, 3.63) is 64.8 Å². The minimum absolute atomic E-state index is 0.00744. The van der Waals surface area contributed by atoms with E-state index in [1.54, 1.807) is 13.3 Å². The average molecular weight is 455 g/mol. The Labute approximate surface area is 178 Å². The first-order valence-electron chi connectivity index (χ1n) is 9.74. The van der Waals surface area contributed by atoms with Gasteiger partial charge >= 0.3 is 0 Å². The summed E-state index contributed by atoms with van der Waals surface area (Å²) in [7, 11) is 1.65. The second-order valence-corrected chi connectivity index (χ2v) is 8.07. The summed E-state index contributed by atoms with van der Waals surface area (Å²) in [6.45, 7) is 1.33. The average Bonchev–Trinajstić information content (AvgIpc) is 3.21. The first-order chi connectivity index (χ1) is 14.1. The van der Waals surface area contributed by atoms with Gasteiger partial charge in [-0.05, 0) is 42.3 Å². The van der Waals surface area contributed by atoms with Crippen LogP contribution in [-0.2, 0) is 11.2 Å². The Balaban J connectivity index is 1.36. The van der Waals surface area contributed by atoms with E-state index >= 15 is 0 Å². The number of para-hydroxylation sites is 1. The van der Waals surface area contributed by atoms with E-state index in [-0.39, 0.29) is 12.0 Å². The molecule has 1 aromatic heterocycles. The fourth-order valence-electron chi connectivity index (χ4n) is 3.74. The maximum absolute atomic E-state index is 12.7. The monoisotopic (exact) mass is 454 g/mol. The number of methoxy groups -OCH3 is 1. The molecular formula is C23H23BrN2O3. The number of hydrogen-bond donors (Lipinski definition) is 0. The third kappa shape index (κ3) is 4.53. The Hall–Kier alpha value is -2.60. The second kappa shape index (κ2) is 8.82. The fraction of sp³-hybridized carbons (Fsp3) is 0.304. The van der Waals surface area contributed by atoms with Crippen molar-refractivity contribution in [1.82, 2.24) is 9.88 Å². The maximum atomic E-state index is 12.7. The summed E-state index contributed by atoms with van der Waals surface area (Å²) in [6, 6.07) is 15.8. The molecule has 1 amide bonds. The van der Waals surface area contributed by atoms with Crippen LogP contribution >= 0.6 is 15.9 Å². The van der Waals surface area contributed by atoms with Gasteiger partial charge in [0.2, 0.25) is 5.91 Å². The van der Waals surface area contributed by atoms with Crippen LogP contribution < -0.4 is 9.47 Å². The number of likely N-dealkylation sites (tertiary alicyclic amines) is 1. The molecule has 5 nitrogen and oxygen atoms in total. The van der Waals surface area contributed by atoms with Gasteiger partial charge in [0.25, 0.3) is 0 Å². The second-order valence-electron chi connectivity index (χ2n) is 7.16. The summed E-state index contributed by atoms with van der Waals surface area (Å²) in [4.78, 5) is 19.1. The fourth-order valence-corrected chi connectivity index (χ4v) is 4.15. The van der Waals surface area contributed by atoms with E-state index in [0.29, 0.717) is 19.4 Å². The molecule has 0 saturated carbocycles. The Bertz CT molecular complexity index is 1020. The predicted octanol–water partition coefficient (Wildman–Crippen LogP) is 4.62. The molecular weight excluding hydrogens is 432 g/mol. The molecule has 1 unspecified atom stereocenters. The maximum Gasteiger partial charge on any atom is 0.223 e. The number of aryl methyl sites for hydroxylation is 1. The molecule has 0 aliphatic carbocycles. The molecule has 3 aromatic rings. The van der Waals surface area contributed by atoms with Gasteiger partial charge in [-0.2, -0.15) is 0 Å². The molecule has 0 N–H and O–H groups in total. The topological polar surface area (TPSA) is 51.7 Å². The summed E-state index contributed by atoms with van der Waals surface area (Å²) in [5.74, 6) is 1.74. The van der Waals surface area contributed by atoms with Gasteiger partial charge in [-0.25, -0.2) is 0 Å². The molecule has 0 spiro atoms. The third-order valence-corrected chi connectivity index (χ3v) is 5.73. The van der Waals surface area contributed by atoms with Gasteiger partial charge in [-0.3, -0.25) is 9.78 Å². The lowest BCUT2D eigenvalue weighted by molar-refractivity contribution is -0.130. The SMILES string of the molecule is COc1ccc(Br)cc1CCC(=O)N1CCC(Oc2cccc3cccnc23)C1. The van der Waals surface area contributed by atoms with Crippen LogP contribution in [0.15, 0.2) is 59.2 Å². The molecule has 4 rings (SSSR count). The Morgan fingerprint density at radius 3 is 2.93 bits per heavy atom. The highest BCUT2D eigenvalue weighted by molar-refractivity contribution is 9.10. The summed E-state index contributed by atoms with van der Waals surface area (Å²) < 4.78 is 12.6. The number of halogens is 1. The van der Waals surface area contributed by atoms with Crippen molar-refractivity contribution in [3.63, 3.8) is 0 Å². The number of aromatic nitrogens is 1. The van der Waals surface area contributed by atoms with Crippen LogP contribution in [0.5, 0.6) is 11.5 Å². The molecule has 1 aliphatic heterocycles. The van der Waals surface area contributed by atoms with Crippen molar-refractivity contribution in [3.8, 4) is 11.5 Å². The van der Waals surface area contributed by atoms with Crippen molar-refractivity contribution in [2.45, 2.75) is 25.4 Å². The van der Waals surface area contributed by atoms with E-state index in [1.165, 1.54) is 0 Å². The largest absolute Gasteiger partial charge is 0.496 e. The van der Waals surface area contributed by atoms with E-state index in [0.717, 1.165) is 45.4 Å². The van der Waals surface area contributed by atoms with Gasteiger partial charge in [0.15, 0.2) is 0 Å². The molecule has 2 heterocycles. The van der Waals surface area contributed by atoms with Crippen LogP contribution in [0, 0.1) is 0 Å². The van der Waals surface area contributed by atoms with Crippen molar-refractivity contribution in [2.24, 2.45) is 0 Å². The standard InChI is InChI=1S/C23H23BrN2O3/c1-28-20-9-8-18(24)14-17(20)7-10-22(27)26-13-11-19(15-26)29-21-6-2-4-16-5-3-12-25-23(16)21/h2-6,8-9,12,14,19H,7,10-11,13,15H2,1H3. The van der Waals surface area contributed by atoms with Crippen molar-refractivity contribution in [2.75, 3.05) is 20.2 Å². The highest BCUT2D eigenvalue weighted by Gasteiger charge is 2.28. The molecule has 0 bridgehead atoms. The zero-order valence-electron chi connectivity index (χ0n) is 16.3. The van der Waals surface area contributed by atoms with Crippen LogP contribution in [0.3, 0.4) is 0 Å². The molecule has 1 aliphatic rings. The quantitative estimate of drug-likeness (QED) is 0.545. The first-order valence-corrected chi connectivity index (χ1v) is 10.5. The molecule has 1 fully saturated rings. The number of benzene rings is 2. The lowest BCUT2D eigenvalue weighted by atomic mass is 10.1. The Morgan fingerprint density at radius 1 is 1.21 bits per heavy atom. The lowest BCUT2D eigenvalue weighted by Crippen LogP contribution is -2.31. The number of ether oxygens (including phenoxy) is 2. The van der Waals surface area contributed by atoms with Crippen LogP contribution in [0.2, 0.25) is 0 Å². The summed E-state index contributed by atoms with van der Waals surface area (Å²) >= 11 is 3.48. The molecule has 1 atom stereocenters. The number of fused-ring (bicyclic) bond motifs is 1. The number of rotatable bonds is 6. The van der Waals surface area contributed by atoms with Crippen molar-refractivity contribution < 1.29 is 14.3 Å². The lowest BCUT2D eigenvalue weighted by Gasteiger charge is -2.18. The van der Waals surface area contributed by atoms with Gasteiger partial charge in [0.05, 0.1) is 13.7 Å². The Kier molecular flexibility index (Phi) is 6.00. The predicted molar refractivity (Wildman–Crippen MR) is 116 cm³/mol. The third-order valence-electron chi connectivity index (χ3n) is 5.24. The Morgan fingerprint density at radius 2 is 2.07 bits per heavy atom. The van der Waals surface area contributed by atoms with E-state index in [9.17, 15) is 4.79 Å². The number of amides is 1. The molecule has 0 radical (unpaired) electrons. The molecule has 29 heavy (non-hydrogen) atoms. The number of nitrogens with zero attached hydrogens (tertiary/aromatic N) is 2. The van der Waals surface area contributed by atoms with Crippen molar-refractivity contribution >= 4 is 32.7 Å². The number of carbonyl (C=O) groups excluding carboxylic acids is 1. The molecule has 6 heteroatoms. The van der Waals surface area contributed by atoms with Gasteiger partial charge in [0.1, 0.15) is 23.1 Å². The smallest absolute Gasteiger partial charge is 0.223 e. The van der Waals surface area contributed by atoms with E-state index in [1.807, 2.05) is 53.4 Å². The minimum atomic E-state index is -0.00744. The molecule has 1 saturated heterocycles. The zero-order valence-corrected chi connectivity index (χ0v) is 17.9. The van der Waals surface area contributed by atoms with Gasteiger partial charge < -0.3 is 14.4 Å².